The summed E-state index contributed by atoms with van der Waals surface area (Å²) in [5.74, 6) is -0.784. The Bertz CT molecular complexity index is 256. The van der Waals surface area contributed by atoms with Crippen LogP contribution < -0.4 is 26.8 Å². The molecule has 6 heteroatoms. The molecule has 0 spiro atoms. The number of amides is 3. The fraction of sp³-hybridized carbons (Fsp3) is 0.167. The van der Waals surface area contributed by atoms with Crippen molar-refractivity contribution in [2.45, 2.75) is 0 Å². The van der Waals surface area contributed by atoms with Gasteiger partial charge in [-0.25, -0.2) is 0 Å². The van der Waals surface area contributed by atoms with Crippen molar-refractivity contribution >= 4 is 15.7 Å². The van der Waals surface area contributed by atoms with E-state index in [1.165, 1.54) is 19.2 Å². The Balaban J connectivity index is 2.59. The van der Waals surface area contributed by atoms with Crippen LogP contribution in [0.1, 0.15) is 0 Å². The molecule has 0 bridgehead atoms. The second kappa shape index (κ2) is 3.65. The molecule has 0 unspecified atom stereocenters. The summed E-state index contributed by atoms with van der Waals surface area (Å²) < 4.78 is 0.733. The zero-order valence-corrected chi connectivity index (χ0v) is 8.36. The summed E-state index contributed by atoms with van der Waals surface area (Å²) in [6.07, 6.45) is 2.34. The summed E-state index contributed by atoms with van der Waals surface area (Å²) >= 11 is -1.20. The molecule has 1 aliphatic heterocycles. The Morgan fingerprint density at radius 2 is 1.92 bits per heavy atom. The van der Waals surface area contributed by atoms with Crippen LogP contribution in [0.5, 0.6) is 0 Å². The van der Waals surface area contributed by atoms with Gasteiger partial charge in [-0.05, 0) is 0 Å². The zero-order chi connectivity index (χ0) is 9.14. The van der Waals surface area contributed by atoms with E-state index in [1.807, 2.05) is 0 Å². The van der Waals surface area contributed by atoms with E-state index in [2.05, 4.69) is 5.32 Å². The Labute approximate surface area is 79.4 Å². The van der Waals surface area contributed by atoms with Gasteiger partial charge in [0.2, 0.25) is 0 Å². The summed E-state index contributed by atoms with van der Waals surface area (Å²) in [4.78, 5) is 32.6. The number of carbonyl (C=O) groups is 3. The molecule has 12 heavy (non-hydrogen) atoms. The van der Waals surface area contributed by atoms with E-state index in [0.29, 0.717) is 0 Å². The van der Waals surface area contributed by atoms with Crippen molar-refractivity contribution in [1.82, 2.24) is 8.43 Å². The monoisotopic (exact) mass is 281 g/mol. The third-order valence-corrected chi connectivity index (χ3v) is 3.52. The van der Waals surface area contributed by atoms with Gasteiger partial charge in [0.15, 0.2) is 0 Å². The van der Waals surface area contributed by atoms with Gasteiger partial charge < -0.3 is 0 Å². The van der Waals surface area contributed by atoms with Crippen molar-refractivity contribution in [2.75, 3.05) is 7.05 Å². The van der Waals surface area contributed by atoms with Crippen LogP contribution in [0.15, 0.2) is 12.2 Å². The number of rotatable bonds is 2. The predicted octanol–water partition coefficient (Wildman–Crippen LogP) is -3.75. The molecule has 0 aromatic rings. The first-order valence-electron chi connectivity index (χ1n) is 3.08. The molecule has 0 aromatic carbocycles. The Kier molecular flexibility index (Phi) is 2.79. The van der Waals surface area contributed by atoms with Crippen LogP contribution in [0.3, 0.4) is 0 Å². The Morgan fingerprint density at radius 1 is 1.42 bits per heavy atom. The van der Waals surface area contributed by atoms with Gasteiger partial charge in [-0.2, -0.15) is 0 Å². The summed E-state index contributed by atoms with van der Waals surface area (Å²) in [5, 5.41) is 2.37. The van der Waals surface area contributed by atoms with Crippen LogP contribution in [0.2, 0.25) is 0 Å². The number of imide groups is 1. The summed E-state index contributed by atoms with van der Waals surface area (Å²) in [5.41, 5.74) is 0. The topological polar surface area (TPSA) is 66.5 Å². The number of hydrogen-bond acceptors (Lipinski definition) is 3. The van der Waals surface area contributed by atoms with Gasteiger partial charge in [-0.3, -0.25) is 0 Å². The van der Waals surface area contributed by atoms with E-state index in [0.717, 1.165) is 3.11 Å². The van der Waals surface area contributed by atoms with Gasteiger partial charge >= 0.3 is 79.2 Å². The normalized spacial score (nSPS) is 15.9. The van der Waals surface area contributed by atoms with Gasteiger partial charge in [0.25, 0.3) is 0 Å². The van der Waals surface area contributed by atoms with Crippen molar-refractivity contribution < 1.29 is 35.9 Å². The van der Waals surface area contributed by atoms with Gasteiger partial charge in [0.1, 0.15) is 0 Å². The molecule has 1 N–H and O–H groups in total. The average molecular weight is 281 g/mol. The number of halogens is 1. The first kappa shape index (κ1) is 9.17. The molecule has 3 amide bonds. The Hall–Kier alpha value is -0.920. The van der Waals surface area contributed by atoms with E-state index in [-0.39, 0.29) is 3.91 Å². The SMILES string of the molecule is CNC(=O)[I-]N1C(=O)C=CC1=O. The minimum absolute atomic E-state index is 0.251. The van der Waals surface area contributed by atoms with Crippen LogP contribution in [-0.4, -0.2) is 25.9 Å². The molecule has 0 saturated heterocycles. The first-order chi connectivity index (χ1) is 5.65. The van der Waals surface area contributed by atoms with Crippen LogP contribution in [0.4, 0.5) is 4.79 Å². The molecule has 5 nitrogen and oxygen atoms in total. The quantitative estimate of drug-likeness (QED) is 0.186. The van der Waals surface area contributed by atoms with Crippen molar-refractivity contribution in [3.8, 4) is 0 Å². The molecule has 0 atom stereocenters. The van der Waals surface area contributed by atoms with Crippen LogP contribution in [0, 0.1) is 0 Å². The molecule has 0 saturated carbocycles. The second-order valence-electron chi connectivity index (χ2n) is 1.90. The van der Waals surface area contributed by atoms with Crippen LogP contribution >= 0.6 is 0 Å². The predicted molar refractivity (Wildman–Crippen MR) is 35.4 cm³/mol. The second-order valence-corrected chi connectivity index (χ2v) is 4.33. The fourth-order valence-electron chi connectivity index (χ4n) is 0.584. The summed E-state index contributed by atoms with van der Waals surface area (Å²) in [7, 11) is 1.47. The van der Waals surface area contributed by atoms with Gasteiger partial charge in [-0.1, -0.05) is 0 Å². The standard InChI is InChI=1S/C6H6IN2O3/c1-8-6(12)7-9-4(10)2-3-5(9)11/h2-3H,1H3,(H,8,12)/q-1. The number of nitrogens with one attached hydrogen (secondary N) is 1. The molecule has 1 rings (SSSR count). The minimum atomic E-state index is -1.20. The van der Waals surface area contributed by atoms with Crippen molar-refractivity contribution in [3.63, 3.8) is 0 Å². The van der Waals surface area contributed by atoms with E-state index in [9.17, 15) is 14.4 Å². The Morgan fingerprint density at radius 3 is 2.33 bits per heavy atom. The molecule has 1 heterocycles. The summed E-state index contributed by atoms with van der Waals surface area (Å²) in [6, 6.07) is 0. The zero-order valence-electron chi connectivity index (χ0n) is 6.20. The number of nitrogens with zero attached hydrogens (tertiary/aromatic N) is 1. The van der Waals surface area contributed by atoms with E-state index in [4.69, 9.17) is 0 Å². The molecule has 0 fully saturated rings. The third kappa shape index (κ3) is 1.81. The molecule has 0 aromatic heterocycles. The van der Waals surface area contributed by atoms with Gasteiger partial charge in [-0.15, -0.1) is 0 Å². The van der Waals surface area contributed by atoms with Crippen LogP contribution in [0.25, 0.3) is 0 Å². The van der Waals surface area contributed by atoms with Crippen molar-refractivity contribution in [3.05, 3.63) is 12.2 Å². The molecular formula is C6H6IN2O3-. The van der Waals surface area contributed by atoms with E-state index < -0.39 is 33.3 Å². The number of hydrogen-bond donors (Lipinski definition) is 1. The maximum atomic E-state index is 10.9. The van der Waals surface area contributed by atoms with Gasteiger partial charge in [0.05, 0.1) is 0 Å². The first-order valence-corrected chi connectivity index (χ1v) is 5.12. The van der Waals surface area contributed by atoms with E-state index in [1.54, 1.807) is 0 Å². The van der Waals surface area contributed by atoms with Crippen molar-refractivity contribution in [2.24, 2.45) is 0 Å². The number of carbonyl (C=O) groups excluding carboxylic acids is 3. The molecular weight excluding hydrogens is 275 g/mol. The van der Waals surface area contributed by atoms with Crippen LogP contribution in [-0.2, 0) is 9.59 Å². The molecule has 0 aliphatic carbocycles. The molecule has 66 valence electrons. The van der Waals surface area contributed by atoms with Crippen molar-refractivity contribution in [1.29, 1.82) is 0 Å². The third-order valence-electron chi connectivity index (χ3n) is 1.11. The van der Waals surface area contributed by atoms with Gasteiger partial charge in [0, 0.05) is 0 Å². The molecule has 1 aliphatic rings. The molecule has 0 radical (unpaired) electrons. The van der Waals surface area contributed by atoms with E-state index >= 15 is 0 Å². The maximum absolute atomic E-state index is 10.9. The fourth-order valence-corrected chi connectivity index (χ4v) is 2.06. The average Bonchev–Trinajstić information content (AvgIpc) is 2.35. The summed E-state index contributed by atoms with van der Waals surface area (Å²) in [6.45, 7) is 0.